The fourth-order valence-corrected chi connectivity index (χ4v) is 3.00. The monoisotopic (exact) mass is 404 g/mol. The Balaban J connectivity index is 1.84. The van der Waals surface area contributed by atoms with Gasteiger partial charge in [-0.2, -0.15) is 0 Å². The molecule has 2 aromatic carbocycles. The van der Waals surface area contributed by atoms with E-state index in [2.05, 4.69) is 5.32 Å². The number of amides is 1. The quantitative estimate of drug-likeness (QED) is 0.294. The third-order valence-corrected chi connectivity index (χ3v) is 4.55. The second kappa shape index (κ2) is 10.3. The number of hydrogen-bond donors (Lipinski definition) is 1. The van der Waals surface area contributed by atoms with Crippen LogP contribution in [0.5, 0.6) is 5.75 Å². The molecule has 0 aliphatic carbocycles. The molecule has 0 unspecified atom stereocenters. The van der Waals surface area contributed by atoms with Crippen LogP contribution in [0.1, 0.15) is 13.8 Å². The maximum absolute atomic E-state index is 12.2. The number of carbonyl (C=O) groups is 2. The van der Waals surface area contributed by atoms with E-state index in [1.54, 1.807) is 42.5 Å². The predicted octanol–water partition coefficient (Wildman–Crippen LogP) is 3.66. The Morgan fingerprint density at radius 1 is 1.18 bits per heavy atom. The molecule has 0 fully saturated rings. The van der Waals surface area contributed by atoms with Crippen LogP contribution in [0, 0.1) is 10.1 Å². The van der Waals surface area contributed by atoms with E-state index in [0.717, 1.165) is 11.8 Å². The lowest BCUT2D eigenvalue weighted by molar-refractivity contribution is -0.387. The van der Waals surface area contributed by atoms with Gasteiger partial charge in [-0.1, -0.05) is 12.1 Å². The van der Waals surface area contributed by atoms with Crippen LogP contribution in [0.4, 0.5) is 11.4 Å². The molecule has 1 atom stereocenters. The van der Waals surface area contributed by atoms with Crippen LogP contribution in [0.3, 0.4) is 0 Å². The van der Waals surface area contributed by atoms with Gasteiger partial charge in [-0.25, -0.2) is 0 Å². The van der Waals surface area contributed by atoms with Crippen molar-refractivity contribution in [3.05, 3.63) is 58.6 Å². The van der Waals surface area contributed by atoms with Crippen LogP contribution in [0.25, 0.3) is 0 Å². The Bertz CT molecular complexity index is 841. The molecule has 9 heteroatoms. The molecule has 28 heavy (non-hydrogen) atoms. The van der Waals surface area contributed by atoms with Crippen molar-refractivity contribution in [3.63, 3.8) is 0 Å². The minimum atomic E-state index is -1.01. The Kier molecular flexibility index (Phi) is 7.82. The SMILES string of the molecule is CCOc1ccc(NC(=O)[C@H](C)OC(=O)CSc2ccccc2[N+](=O)[O-])cc1. The highest BCUT2D eigenvalue weighted by atomic mass is 32.2. The van der Waals surface area contributed by atoms with Gasteiger partial charge in [-0.15, -0.1) is 11.8 Å². The summed E-state index contributed by atoms with van der Waals surface area (Å²) in [5, 5.41) is 13.6. The van der Waals surface area contributed by atoms with Gasteiger partial charge in [0.1, 0.15) is 5.75 Å². The van der Waals surface area contributed by atoms with Gasteiger partial charge >= 0.3 is 5.97 Å². The van der Waals surface area contributed by atoms with Crippen LogP contribution in [-0.2, 0) is 14.3 Å². The van der Waals surface area contributed by atoms with E-state index >= 15 is 0 Å². The number of thioether (sulfide) groups is 1. The Labute approximate surface area is 166 Å². The van der Waals surface area contributed by atoms with E-state index < -0.39 is 22.9 Å². The number of nitro groups is 1. The average Bonchev–Trinajstić information content (AvgIpc) is 2.68. The van der Waals surface area contributed by atoms with Crippen molar-refractivity contribution in [2.75, 3.05) is 17.7 Å². The zero-order valence-corrected chi connectivity index (χ0v) is 16.2. The molecule has 0 saturated carbocycles. The summed E-state index contributed by atoms with van der Waals surface area (Å²) in [4.78, 5) is 35.0. The molecular weight excluding hydrogens is 384 g/mol. The van der Waals surface area contributed by atoms with Crippen molar-refractivity contribution < 1.29 is 24.0 Å². The fraction of sp³-hybridized carbons (Fsp3) is 0.263. The zero-order chi connectivity index (χ0) is 20.5. The van der Waals surface area contributed by atoms with Gasteiger partial charge in [0.2, 0.25) is 0 Å². The number of anilines is 1. The number of nitrogens with zero attached hydrogens (tertiary/aromatic N) is 1. The number of para-hydroxylation sites is 1. The largest absolute Gasteiger partial charge is 0.494 e. The van der Waals surface area contributed by atoms with Crippen molar-refractivity contribution in [2.24, 2.45) is 0 Å². The average molecular weight is 404 g/mol. The number of carbonyl (C=O) groups excluding carboxylic acids is 2. The van der Waals surface area contributed by atoms with E-state index in [1.807, 2.05) is 6.92 Å². The van der Waals surface area contributed by atoms with Crippen LogP contribution in [-0.4, -0.2) is 35.3 Å². The van der Waals surface area contributed by atoms with Gasteiger partial charge in [-0.3, -0.25) is 19.7 Å². The lowest BCUT2D eigenvalue weighted by Gasteiger charge is -2.14. The van der Waals surface area contributed by atoms with E-state index in [-0.39, 0.29) is 11.4 Å². The van der Waals surface area contributed by atoms with E-state index in [4.69, 9.17) is 9.47 Å². The number of benzene rings is 2. The van der Waals surface area contributed by atoms with E-state index in [1.165, 1.54) is 13.0 Å². The molecule has 1 N–H and O–H groups in total. The lowest BCUT2D eigenvalue weighted by Crippen LogP contribution is -2.30. The molecular formula is C19H20N2O6S. The number of ether oxygens (including phenoxy) is 2. The Morgan fingerprint density at radius 3 is 2.50 bits per heavy atom. The first-order valence-corrected chi connectivity index (χ1v) is 9.48. The van der Waals surface area contributed by atoms with Crippen molar-refractivity contribution in [1.82, 2.24) is 0 Å². The summed E-state index contributed by atoms with van der Waals surface area (Å²) in [6, 6.07) is 12.9. The lowest BCUT2D eigenvalue weighted by atomic mass is 10.3. The first-order valence-electron chi connectivity index (χ1n) is 8.50. The van der Waals surface area contributed by atoms with E-state index in [0.29, 0.717) is 22.9 Å². The summed E-state index contributed by atoms with van der Waals surface area (Å²) in [6.45, 7) is 3.88. The summed E-state index contributed by atoms with van der Waals surface area (Å²) >= 11 is 0.986. The Hall–Kier alpha value is -3.07. The van der Waals surface area contributed by atoms with Gasteiger partial charge < -0.3 is 14.8 Å². The first-order chi connectivity index (χ1) is 13.4. The third-order valence-electron chi connectivity index (χ3n) is 3.52. The van der Waals surface area contributed by atoms with Crippen molar-refractivity contribution in [1.29, 1.82) is 0 Å². The third kappa shape index (κ3) is 6.27. The Morgan fingerprint density at radius 2 is 1.86 bits per heavy atom. The molecule has 0 heterocycles. The van der Waals surface area contributed by atoms with Crippen molar-refractivity contribution in [3.8, 4) is 5.75 Å². The summed E-state index contributed by atoms with van der Waals surface area (Å²) in [5.74, 6) is -0.580. The molecule has 1 amide bonds. The molecule has 148 valence electrons. The van der Waals surface area contributed by atoms with Gasteiger partial charge in [0.25, 0.3) is 11.6 Å². The molecule has 0 aliphatic rings. The molecule has 2 aromatic rings. The normalized spacial score (nSPS) is 11.4. The highest BCUT2D eigenvalue weighted by Crippen LogP contribution is 2.28. The number of nitrogens with one attached hydrogen (secondary N) is 1. The summed E-state index contributed by atoms with van der Waals surface area (Å²) in [7, 11) is 0. The molecule has 0 aliphatic heterocycles. The second-order valence-corrected chi connectivity index (χ2v) is 6.61. The minimum Gasteiger partial charge on any atom is -0.494 e. The molecule has 0 saturated heterocycles. The highest BCUT2D eigenvalue weighted by Gasteiger charge is 2.20. The van der Waals surface area contributed by atoms with Gasteiger partial charge in [0, 0.05) is 11.8 Å². The molecule has 8 nitrogen and oxygen atoms in total. The van der Waals surface area contributed by atoms with Gasteiger partial charge in [0.15, 0.2) is 6.10 Å². The predicted molar refractivity (Wildman–Crippen MR) is 106 cm³/mol. The number of hydrogen-bond acceptors (Lipinski definition) is 7. The topological polar surface area (TPSA) is 108 Å². The molecule has 0 aromatic heterocycles. The van der Waals surface area contributed by atoms with Crippen LogP contribution in [0.2, 0.25) is 0 Å². The maximum atomic E-state index is 12.2. The number of nitro benzene ring substituents is 1. The zero-order valence-electron chi connectivity index (χ0n) is 15.4. The molecule has 0 bridgehead atoms. The molecule has 0 radical (unpaired) electrons. The summed E-state index contributed by atoms with van der Waals surface area (Å²) < 4.78 is 10.4. The smallest absolute Gasteiger partial charge is 0.317 e. The van der Waals surface area contributed by atoms with Crippen molar-refractivity contribution in [2.45, 2.75) is 24.8 Å². The number of rotatable bonds is 9. The molecule has 2 rings (SSSR count). The van der Waals surface area contributed by atoms with Crippen LogP contribution < -0.4 is 10.1 Å². The van der Waals surface area contributed by atoms with Crippen LogP contribution in [0.15, 0.2) is 53.4 Å². The summed E-state index contributed by atoms with van der Waals surface area (Å²) in [5.41, 5.74) is 0.465. The van der Waals surface area contributed by atoms with E-state index in [9.17, 15) is 19.7 Å². The maximum Gasteiger partial charge on any atom is 0.317 e. The fourth-order valence-electron chi connectivity index (χ4n) is 2.20. The van der Waals surface area contributed by atoms with Gasteiger partial charge in [-0.05, 0) is 44.2 Å². The number of esters is 1. The van der Waals surface area contributed by atoms with Crippen LogP contribution >= 0.6 is 11.8 Å². The second-order valence-electron chi connectivity index (χ2n) is 5.59. The van der Waals surface area contributed by atoms with Crippen molar-refractivity contribution >= 4 is 35.0 Å². The highest BCUT2D eigenvalue weighted by molar-refractivity contribution is 8.00. The minimum absolute atomic E-state index is 0.0819. The molecule has 0 spiro atoms. The van der Waals surface area contributed by atoms with Gasteiger partial charge in [0.05, 0.1) is 22.2 Å². The first kappa shape index (κ1) is 21.2. The standard InChI is InChI=1S/C19H20N2O6S/c1-3-26-15-10-8-14(9-11-15)20-19(23)13(2)27-18(22)12-28-17-7-5-4-6-16(17)21(24)25/h4-11,13H,3,12H2,1-2H3,(H,20,23)/t13-/m0/s1. The summed E-state index contributed by atoms with van der Waals surface area (Å²) in [6.07, 6.45) is -1.01.